The van der Waals surface area contributed by atoms with Crippen LogP contribution in [0.2, 0.25) is 10.0 Å². The van der Waals surface area contributed by atoms with Gasteiger partial charge in [-0.25, -0.2) is 4.79 Å². The molecule has 0 aliphatic carbocycles. The normalized spacial score (nSPS) is 19.8. The van der Waals surface area contributed by atoms with Crippen molar-refractivity contribution >= 4 is 29.2 Å². The molecule has 7 heteroatoms. The van der Waals surface area contributed by atoms with Gasteiger partial charge in [0, 0.05) is 23.1 Å². The average Bonchev–Trinajstić information content (AvgIpc) is 2.46. The van der Waals surface area contributed by atoms with Crippen LogP contribution in [0.1, 0.15) is 18.9 Å². The van der Waals surface area contributed by atoms with E-state index in [1.165, 1.54) is 0 Å². The van der Waals surface area contributed by atoms with Crippen molar-refractivity contribution in [1.29, 1.82) is 0 Å². The molecule has 5 nitrogen and oxygen atoms in total. The second-order valence-corrected chi connectivity index (χ2v) is 6.24. The monoisotopic (exact) mass is 346 g/mol. The Balaban J connectivity index is 1.95. The van der Waals surface area contributed by atoms with Gasteiger partial charge < -0.3 is 20.1 Å². The Bertz CT molecular complexity index is 526. The molecule has 1 saturated heterocycles. The Morgan fingerprint density at radius 2 is 2.32 bits per heavy atom. The van der Waals surface area contributed by atoms with Crippen molar-refractivity contribution in [2.75, 3.05) is 19.8 Å². The maximum atomic E-state index is 12.4. The zero-order valence-corrected chi connectivity index (χ0v) is 13.9. The van der Waals surface area contributed by atoms with Crippen molar-refractivity contribution < 1.29 is 14.6 Å². The van der Waals surface area contributed by atoms with Crippen LogP contribution in [0, 0.1) is 0 Å². The number of nitrogens with one attached hydrogen (secondary N) is 1. The molecule has 0 bridgehead atoms. The maximum Gasteiger partial charge on any atom is 0.318 e. The number of amides is 2. The molecule has 1 aliphatic rings. The highest BCUT2D eigenvalue weighted by Gasteiger charge is 2.28. The second kappa shape index (κ2) is 8.02. The largest absolute Gasteiger partial charge is 0.393 e. The first kappa shape index (κ1) is 17.3. The zero-order chi connectivity index (χ0) is 16.1. The number of urea groups is 1. The minimum absolute atomic E-state index is 0.116. The van der Waals surface area contributed by atoms with Crippen molar-refractivity contribution in [3.63, 3.8) is 0 Å². The zero-order valence-electron chi connectivity index (χ0n) is 12.4. The van der Waals surface area contributed by atoms with Gasteiger partial charge in [-0.3, -0.25) is 0 Å². The van der Waals surface area contributed by atoms with Gasteiger partial charge in [-0.2, -0.15) is 0 Å². The summed E-state index contributed by atoms with van der Waals surface area (Å²) in [7, 11) is 0. The lowest BCUT2D eigenvalue weighted by atomic mass is 10.1. The van der Waals surface area contributed by atoms with Crippen molar-refractivity contribution in [2.45, 2.75) is 32.0 Å². The van der Waals surface area contributed by atoms with Crippen LogP contribution in [-0.2, 0) is 11.3 Å². The molecule has 1 aromatic rings. The van der Waals surface area contributed by atoms with E-state index in [2.05, 4.69) is 5.32 Å². The summed E-state index contributed by atoms with van der Waals surface area (Å²) >= 11 is 11.9. The molecule has 2 N–H and O–H groups in total. The number of hydrogen-bond donors (Lipinski definition) is 2. The van der Waals surface area contributed by atoms with E-state index in [0.717, 1.165) is 5.56 Å². The third-order valence-corrected chi connectivity index (χ3v) is 4.13. The first-order valence-electron chi connectivity index (χ1n) is 7.21. The number of benzene rings is 1. The minimum Gasteiger partial charge on any atom is -0.393 e. The topological polar surface area (TPSA) is 61.8 Å². The van der Waals surface area contributed by atoms with Crippen molar-refractivity contribution in [3.05, 3.63) is 33.8 Å². The lowest BCUT2D eigenvalue weighted by molar-refractivity contribution is -0.00437. The van der Waals surface area contributed by atoms with Crippen molar-refractivity contribution in [2.24, 2.45) is 0 Å². The standard InChI is InChI=1S/C15H20Cl2N2O3/c1-10(20)6-13-9-22-5-4-19(13)15(21)18-8-11-2-3-12(16)7-14(11)17/h2-3,7,10,13,20H,4-6,8-9H2,1H3,(H,18,21)/t10-,13+/m0/s1. The smallest absolute Gasteiger partial charge is 0.318 e. The van der Waals surface area contributed by atoms with Gasteiger partial charge in [0.1, 0.15) is 0 Å². The van der Waals surface area contributed by atoms with Crippen molar-refractivity contribution in [1.82, 2.24) is 10.2 Å². The minimum atomic E-state index is -0.479. The van der Waals surface area contributed by atoms with E-state index < -0.39 is 6.10 Å². The fourth-order valence-corrected chi connectivity index (χ4v) is 2.92. The summed E-state index contributed by atoms with van der Waals surface area (Å²) < 4.78 is 5.39. The van der Waals surface area contributed by atoms with Crippen molar-refractivity contribution in [3.8, 4) is 0 Å². The number of halogens is 2. The predicted molar refractivity (Wildman–Crippen MR) is 86.3 cm³/mol. The summed E-state index contributed by atoms with van der Waals surface area (Å²) in [5, 5.41) is 13.5. The summed E-state index contributed by atoms with van der Waals surface area (Å²) in [4.78, 5) is 14.1. The van der Waals surface area contributed by atoms with Gasteiger partial charge in [0.05, 0.1) is 25.4 Å². The molecule has 1 fully saturated rings. The van der Waals surface area contributed by atoms with E-state index in [-0.39, 0.29) is 12.1 Å². The maximum absolute atomic E-state index is 12.4. The molecule has 22 heavy (non-hydrogen) atoms. The number of rotatable bonds is 4. The molecule has 0 aromatic heterocycles. The molecule has 2 atom stereocenters. The highest BCUT2D eigenvalue weighted by molar-refractivity contribution is 6.35. The first-order chi connectivity index (χ1) is 10.5. The number of aliphatic hydroxyl groups is 1. The van der Waals surface area contributed by atoms with Crippen LogP contribution < -0.4 is 5.32 Å². The Hall–Kier alpha value is -1.01. The molecule has 0 unspecified atom stereocenters. The summed E-state index contributed by atoms with van der Waals surface area (Å²) in [5.41, 5.74) is 0.805. The molecular weight excluding hydrogens is 327 g/mol. The van der Waals surface area contributed by atoms with E-state index in [1.54, 1.807) is 30.0 Å². The number of hydrogen-bond acceptors (Lipinski definition) is 3. The predicted octanol–water partition coefficient (Wildman–Crippen LogP) is 2.67. The molecule has 1 aliphatic heterocycles. The van der Waals surface area contributed by atoms with Crippen LogP contribution >= 0.6 is 23.2 Å². The number of morpholine rings is 1. The molecule has 122 valence electrons. The third kappa shape index (κ3) is 4.74. The van der Waals surface area contributed by atoms with Gasteiger partial charge in [0.15, 0.2) is 0 Å². The molecule has 2 rings (SSSR count). The molecule has 0 spiro atoms. The first-order valence-corrected chi connectivity index (χ1v) is 7.97. The number of nitrogens with zero attached hydrogens (tertiary/aromatic N) is 1. The van der Waals surface area contributed by atoms with Gasteiger partial charge in [-0.1, -0.05) is 29.3 Å². The SMILES string of the molecule is C[C@H](O)C[C@@H]1COCCN1C(=O)NCc1ccc(Cl)cc1Cl. The van der Waals surface area contributed by atoms with Gasteiger partial charge in [-0.15, -0.1) is 0 Å². The van der Waals surface area contributed by atoms with Crippen LogP contribution in [0.15, 0.2) is 18.2 Å². The number of carbonyl (C=O) groups is 1. The number of aliphatic hydroxyl groups excluding tert-OH is 1. The van der Waals surface area contributed by atoms with Crippen LogP contribution in [0.5, 0.6) is 0 Å². The Morgan fingerprint density at radius 1 is 1.55 bits per heavy atom. The molecule has 0 saturated carbocycles. The molecule has 1 heterocycles. The average molecular weight is 347 g/mol. The van der Waals surface area contributed by atoms with Gasteiger partial charge in [-0.05, 0) is 31.0 Å². The fraction of sp³-hybridized carbons (Fsp3) is 0.533. The summed E-state index contributed by atoms with van der Waals surface area (Å²) in [6.45, 7) is 3.49. The van der Waals surface area contributed by atoms with Crippen LogP contribution in [0.4, 0.5) is 4.79 Å². The molecule has 0 radical (unpaired) electrons. The highest BCUT2D eigenvalue weighted by atomic mass is 35.5. The van der Waals surface area contributed by atoms with Crippen LogP contribution in [0.25, 0.3) is 0 Å². The van der Waals surface area contributed by atoms with E-state index in [1.807, 2.05) is 0 Å². The quantitative estimate of drug-likeness (QED) is 0.880. The van der Waals surface area contributed by atoms with Gasteiger partial charge in [0.25, 0.3) is 0 Å². The van der Waals surface area contributed by atoms with E-state index in [0.29, 0.717) is 42.8 Å². The fourth-order valence-electron chi connectivity index (χ4n) is 2.45. The summed E-state index contributed by atoms with van der Waals surface area (Å²) in [5.74, 6) is 0. The van der Waals surface area contributed by atoms with Crippen LogP contribution in [0.3, 0.4) is 0 Å². The molecule has 2 amide bonds. The van der Waals surface area contributed by atoms with Gasteiger partial charge in [0.2, 0.25) is 0 Å². The number of carbonyl (C=O) groups excluding carboxylic acids is 1. The third-order valence-electron chi connectivity index (χ3n) is 3.55. The molecule has 1 aromatic carbocycles. The van der Waals surface area contributed by atoms with Gasteiger partial charge >= 0.3 is 6.03 Å². The summed E-state index contributed by atoms with van der Waals surface area (Å²) in [6, 6.07) is 4.88. The van der Waals surface area contributed by atoms with E-state index >= 15 is 0 Å². The second-order valence-electron chi connectivity index (χ2n) is 5.40. The van der Waals surface area contributed by atoms with Crippen LogP contribution in [-0.4, -0.2) is 47.9 Å². The lowest BCUT2D eigenvalue weighted by Crippen LogP contribution is -2.53. The van der Waals surface area contributed by atoms with E-state index in [4.69, 9.17) is 27.9 Å². The highest BCUT2D eigenvalue weighted by Crippen LogP contribution is 2.21. The summed E-state index contributed by atoms with van der Waals surface area (Å²) in [6.07, 6.45) is 0.0162. The Kier molecular flexibility index (Phi) is 6.32. The Morgan fingerprint density at radius 3 is 3.00 bits per heavy atom. The Labute approximate surface area is 140 Å². The number of ether oxygens (including phenoxy) is 1. The lowest BCUT2D eigenvalue weighted by Gasteiger charge is -2.36. The van der Waals surface area contributed by atoms with E-state index in [9.17, 15) is 9.90 Å². The molecular formula is C15H20Cl2N2O3.